The largest absolute Gasteiger partial charge is 0.385 e. The number of hydrogen-bond donors (Lipinski definition) is 0. The molecule has 0 spiro atoms. The smallest absolute Gasteiger partial charge is 0.222 e. The Morgan fingerprint density at radius 2 is 2.07 bits per heavy atom. The van der Waals surface area contributed by atoms with Gasteiger partial charge < -0.3 is 9.64 Å². The van der Waals surface area contributed by atoms with Crippen LogP contribution in [-0.4, -0.2) is 37.6 Å². The first-order valence-electron chi connectivity index (χ1n) is 5.50. The Hall–Kier alpha value is -0.570. The highest BCUT2D eigenvalue weighted by molar-refractivity contribution is 5.76. The molecule has 0 saturated carbocycles. The van der Waals surface area contributed by atoms with E-state index in [0.29, 0.717) is 11.8 Å². The molecule has 0 aromatic rings. The molecule has 1 rings (SSSR count). The summed E-state index contributed by atoms with van der Waals surface area (Å²) >= 11 is 0. The summed E-state index contributed by atoms with van der Waals surface area (Å²) in [6.45, 7) is 4.94. The lowest BCUT2D eigenvalue weighted by atomic mass is 10.0. The van der Waals surface area contributed by atoms with Crippen molar-refractivity contribution in [2.75, 3.05) is 26.8 Å². The van der Waals surface area contributed by atoms with Gasteiger partial charge in [-0.3, -0.25) is 4.79 Å². The van der Waals surface area contributed by atoms with Crippen molar-refractivity contribution in [1.29, 1.82) is 0 Å². The standard InChI is InChI=1S/C11H21NO2/c1-10-8-12(9-10)11(13)6-4-3-5-7-14-2/h10H,3-9H2,1-2H3. The minimum absolute atomic E-state index is 0.334. The monoisotopic (exact) mass is 199 g/mol. The van der Waals surface area contributed by atoms with Gasteiger partial charge in [-0.2, -0.15) is 0 Å². The normalized spacial score (nSPS) is 16.9. The van der Waals surface area contributed by atoms with Crippen molar-refractivity contribution in [3.63, 3.8) is 0 Å². The molecule has 0 N–H and O–H groups in total. The Bertz CT molecular complexity index is 176. The van der Waals surface area contributed by atoms with E-state index in [9.17, 15) is 4.79 Å². The summed E-state index contributed by atoms with van der Waals surface area (Å²) < 4.78 is 4.95. The molecular formula is C11H21NO2. The fourth-order valence-corrected chi connectivity index (χ4v) is 1.76. The fourth-order valence-electron chi connectivity index (χ4n) is 1.76. The number of ether oxygens (including phenoxy) is 1. The maximum atomic E-state index is 11.5. The van der Waals surface area contributed by atoms with Gasteiger partial charge in [0, 0.05) is 33.2 Å². The maximum Gasteiger partial charge on any atom is 0.222 e. The van der Waals surface area contributed by atoms with Gasteiger partial charge in [-0.05, 0) is 18.8 Å². The van der Waals surface area contributed by atoms with Crippen molar-refractivity contribution in [2.24, 2.45) is 5.92 Å². The predicted octanol–water partition coefficient (Wildman–Crippen LogP) is 1.67. The van der Waals surface area contributed by atoms with E-state index in [0.717, 1.165) is 45.4 Å². The number of likely N-dealkylation sites (tertiary alicyclic amines) is 1. The molecule has 3 nitrogen and oxygen atoms in total. The zero-order valence-electron chi connectivity index (χ0n) is 9.29. The first-order chi connectivity index (χ1) is 6.74. The number of amides is 1. The summed E-state index contributed by atoms with van der Waals surface area (Å²) in [5.74, 6) is 1.05. The first-order valence-corrected chi connectivity index (χ1v) is 5.50. The Kier molecular flexibility index (Phi) is 4.94. The van der Waals surface area contributed by atoms with Gasteiger partial charge in [0.15, 0.2) is 0 Å². The van der Waals surface area contributed by atoms with Crippen LogP contribution in [0.3, 0.4) is 0 Å². The minimum Gasteiger partial charge on any atom is -0.385 e. The van der Waals surface area contributed by atoms with Crippen LogP contribution in [0.2, 0.25) is 0 Å². The van der Waals surface area contributed by atoms with E-state index in [1.807, 2.05) is 4.90 Å². The molecule has 0 bridgehead atoms. The van der Waals surface area contributed by atoms with E-state index in [-0.39, 0.29) is 0 Å². The summed E-state index contributed by atoms with van der Waals surface area (Å²) in [6.07, 6.45) is 3.90. The van der Waals surface area contributed by atoms with Crippen LogP contribution in [0.5, 0.6) is 0 Å². The summed E-state index contributed by atoms with van der Waals surface area (Å²) in [5, 5.41) is 0. The molecule has 14 heavy (non-hydrogen) atoms. The van der Waals surface area contributed by atoms with E-state index < -0.39 is 0 Å². The number of hydrogen-bond acceptors (Lipinski definition) is 2. The van der Waals surface area contributed by atoms with Gasteiger partial charge in [-0.15, -0.1) is 0 Å². The van der Waals surface area contributed by atoms with Gasteiger partial charge in [0.1, 0.15) is 0 Å². The van der Waals surface area contributed by atoms with E-state index in [1.165, 1.54) is 0 Å². The van der Waals surface area contributed by atoms with Crippen molar-refractivity contribution in [3.8, 4) is 0 Å². The van der Waals surface area contributed by atoms with Crippen molar-refractivity contribution < 1.29 is 9.53 Å². The molecule has 1 heterocycles. The second kappa shape index (κ2) is 6.02. The average molecular weight is 199 g/mol. The molecule has 1 fully saturated rings. The lowest BCUT2D eigenvalue weighted by molar-refractivity contribution is -0.137. The SMILES string of the molecule is COCCCCCC(=O)N1CC(C)C1. The fraction of sp³-hybridized carbons (Fsp3) is 0.909. The van der Waals surface area contributed by atoms with Crippen molar-refractivity contribution >= 4 is 5.91 Å². The van der Waals surface area contributed by atoms with Gasteiger partial charge in [0.25, 0.3) is 0 Å². The molecule has 3 heteroatoms. The maximum absolute atomic E-state index is 11.5. The average Bonchev–Trinajstić information content (AvgIpc) is 2.12. The number of carbonyl (C=O) groups excluding carboxylic acids is 1. The molecule has 1 aliphatic rings. The molecule has 0 aromatic carbocycles. The highest BCUT2D eigenvalue weighted by Crippen LogP contribution is 2.16. The minimum atomic E-state index is 0.334. The molecule has 0 unspecified atom stereocenters. The first kappa shape index (κ1) is 11.5. The Labute approximate surface area is 86.4 Å². The summed E-state index contributed by atoms with van der Waals surface area (Å²) in [4.78, 5) is 13.5. The van der Waals surface area contributed by atoms with Crippen LogP contribution < -0.4 is 0 Å². The topological polar surface area (TPSA) is 29.5 Å². The molecule has 0 aromatic heterocycles. The second-order valence-electron chi connectivity index (χ2n) is 4.21. The quantitative estimate of drug-likeness (QED) is 0.609. The Morgan fingerprint density at radius 1 is 1.36 bits per heavy atom. The van der Waals surface area contributed by atoms with Crippen LogP contribution in [0.4, 0.5) is 0 Å². The third-order valence-corrected chi connectivity index (χ3v) is 2.66. The van der Waals surface area contributed by atoms with Crippen LogP contribution in [-0.2, 0) is 9.53 Å². The van der Waals surface area contributed by atoms with Gasteiger partial charge in [-0.25, -0.2) is 0 Å². The molecule has 0 atom stereocenters. The van der Waals surface area contributed by atoms with Crippen LogP contribution in [0.1, 0.15) is 32.6 Å². The highest BCUT2D eigenvalue weighted by atomic mass is 16.5. The van der Waals surface area contributed by atoms with Crippen LogP contribution in [0, 0.1) is 5.92 Å². The Morgan fingerprint density at radius 3 is 2.64 bits per heavy atom. The van der Waals surface area contributed by atoms with E-state index in [1.54, 1.807) is 7.11 Å². The zero-order valence-corrected chi connectivity index (χ0v) is 9.29. The number of carbonyl (C=O) groups is 1. The van der Waals surface area contributed by atoms with E-state index in [2.05, 4.69) is 6.92 Å². The highest BCUT2D eigenvalue weighted by Gasteiger charge is 2.25. The summed E-state index contributed by atoms with van der Waals surface area (Å²) in [7, 11) is 1.71. The predicted molar refractivity (Wildman–Crippen MR) is 56.1 cm³/mol. The lowest BCUT2D eigenvalue weighted by Crippen LogP contribution is -2.48. The summed E-state index contributed by atoms with van der Waals surface area (Å²) in [6, 6.07) is 0. The molecule has 1 saturated heterocycles. The molecular weight excluding hydrogens is 178 g/mol. The van der Waals surface area contributed by atoms with Gasteiger partial charge in [0.2, 0.25) is 5.91 Å². The second-order valence-corrected chi connectivity index (χ2v) is 4.21. The lowest BCUT2D eigenvalue weighted by Gasteiger charge is -2.37. The molecule has 0 radical (unpaired) electrons. The third kappa shape index (κ3) is 3.66. The van der Waals surface area contributed by atoms with Crippen LogP contribution >= 0.6 is 0 Å². The van der Waals surface area contributed by atoms with Crippen molar-refractivity contribution in [2.45, 2.75) is 32.6 Å². The van der Waals surface area contributed by atoms with Gasteiger partial charge in [0.05, 0.1) is 0 Å². The molecule has 1 amide bonds. The number of unbranched alkanes of at least 4 members (excludes halogenated alkanes) is 2. The molecule has 82 valence electrons. The number of nitrogens with zero attached hydrogens (tertiary/aromatic N) is 1. The molecule has 0 aliphatic carbocycles. The van der Waals surface area contributed by atoms with E-state index >= 15 is 0 Å². The van der Waals surface area contributed by atoms with Gasteiger partial charge >= 0.3 is 0 Å². The Balaban J connectivity index is 1.93. The number of methoxy groups -OCH3 is 1. The zero-order chi connectivity index (χ0) is 10.4. The van der Waals surface area contributed by atoms with Gasteiger partial charge in [-0.1, -0.05) is 13.3 Å². The van der Waals surface area contributed by atoms with E-state index in [4.69, 9.17) is 4.74 Å². The summed E-state index contributed by atoms with van der Waals surface area (Å²) in [5.41, 5.74) is 0. The number of rotatable bonds is 6. The van der Waals surface area contributed by atoms with Crippen LogP contribution in [0.15, 0.2) is 0 Å². The van der Waals surface area contributed by atoms with Crippen molar-refractivity contribution in [1.82, 2.24) is 4.90 Å². The van der Waals surface area contributed by atoms with Crippen LogP contribution in [0.25, 0.3) is 0 Å². The molecule has 1 aliphatic heterocycles. The van der Waals surface area contributed by atoms with Crippen molar-refractivity contribution in [3.05, 3.63) is 0 Å². The third-order valence-electron chi connectivity index (χ3n) is 2.66.